The van der Waals surface area contributed by atoms with Crippen molar-refractivity contribution in [1.29, 1.82) is 5.26 Å². The predicted octanol–water partition coefficient (Wildman–Crippen LogP) is 8.77. The fourth-order valence-electron chi connectivity index (χ4n) is 4.25. The number of carbonyl (C=O) groups excluding carboxylic acids is 1. The van der Waals surface area contributed by atoms with E-state index >= 15 is 0 Å². The number of halogens is 2. The first-order valence-corrected chi connectivity index (χ1v) is 13.0. The number of hydrogen-bond acceptors (Lipinski definition) is 2. The summed E-state index contributed by atoms with van der Waals surface area (Å²) in [5.41, 5.74) is 5.97. The van der Waals surface area contributed by atoms with Gasteiger partial charge in [-0.25, -0.2) is 0 Å². The standard InChI is InChI=1S/C32H21BrClN3O/c33-26-11-15-28(16-12-26)36-32(38)25(21-35)19-24-20-30(22-7-3-1-4-8-22)37(29-17-13-27(34)14-18-29)31(24)23-9-5-2-6-10-23/h1-20H,(H,36,38)/b25-19+. The van der Waals surface area contributed by atoms with E-state index < -0.39 is 5.91 Å². The molecule has 0 saturated carbocycles. The summed E-state index contributed by atoms with van der Waals surface area (Å²) in [5.74, 6) is -0.477. The van der Waals surface area contributed by atoms with E-state index in [1.165, 1.54) is 0 Å². The molecule has 1 amide bonds. The monoisotopic (exact) mass is 577 g/mol. The van der Waals surface area contributed by atoms with Gasteiger partial charge in [-0.15, -0.1) is 0 Å². The van der Waals surface area contributed by atoms with Gasteiger partial charge in [-0.05, 0) is 71.8 Å². The molecule has 0 spiro atoms. The second kappa shape index (κ2) is 11.4. The number of rotatable bonds is 6. The number of hydrogen-bond donors (Lipinski definition) is 1. The minimum Gasteiger partial charge on any atom is -0.321 e. The van der Waals surface area contributed by atoms with E-state index in [9.17, 15) is 10.1 Å². The number of amides is 1. The fraction of sp³-hybridized carbons (Fsp3) is 0. The van der Waals surface area contributed by atoms with Crippen LogP contribution in [0.2, 0.25) is 5.02 Å². The van der Waals surface area contributed by atoms with Crippen molar-refractivity contribution >= 4 is 45.2 Å². The zero-order valence-corrected chi connectivity index (χ0v) is 22.4. The van der Waals surface area contributed by atoms with Crippen LogP contribution in [-0.4, -0.2) is 10.5 Å². The zero-order valence-electron chi connectivity index (χ0n) is 20.1. The van der Waals surface area contributed by atoms with Gasteiger partial charge in [-0.1, -0.05) is 88.2 Å². The highest BCUT2D eigenvalue weighted by Gasteiger charge is 2.20. The maximum Gasteiger partial charge on any atom is 0.266 e. The molecule has 5 rings (SSSR count). The average molecular weight is 579 g/mol. The lowest BCUT2D eigenvalue weighted by atomic mass is 10.0. The van der Waals surface area contributed by atoms with E-state index in [1.807, 2.05) is 103 Å². The van der Waals surface area contributed by atoms with Crippen LogP contribution in [0.5, 0.6) is 0 Å². The Hall–Kier alpha value is -4.37. The van der Waals surface area contributed by atoms with E-state index in [0.29, 0.717) is 10.7 Å². The van der Waals surface area contributed by atoms with Crippen LogP contribution in [0.1, 0.15) is 5.56 Å². The number of benzene rings is 4. The number of nitrogens with one attached hydrogen (secondary N) is 1. The second-order valence-corrected chi connectivity index (χ2v) is 9.86. The van der Waals surface area contributed by atoms with Gasteiger partial charge in [-0.3, -0.25) is 4.79 Å². The molecule has 0 aliphatic carbocycles. The van der Waals surface area contributed by atoms with Crippen LogP contribution >= 0.6 is 27.5 Å². The first-order valence-electron chi connectivity index (χ1n) is 11.8. The van der Waals surface area contributed by atoms with Crippen molar-refractivity contribution in [3.63, 3.8) is 0 Å². The van der Waals surface area contributed by atoms with Crippen LogP contribution < -0.4 is 5.32 Å². The smallest absolute Gasteiger partial charge is 0.266 e. The number of anilines is 1. The summed E-state index contributed by atoms with van der Waals surface area (Å²) in [7, 11) is 0. The van der Waals surface area contributed by atoms with Crippen molar-refractivity contribution < 1.29 is 4.79 Å². The van der Waals surface area contributed by atoms with Crippen molar-refractivity contribution in [3.8, 4) is 34.3 Å². The van der Waals surface area contributed by atoms with E-state index in [4.69, 9.17) is 11.6 Å². The van der Waals surface area contributed by atoms with Crippen molar-refractivity contribution in [2.45, 2.75) is 0 Å². The minimum absolute atomic E-state index is 0.00188. The fourth-order valence-corrected chi connectivity index (χ4v) is 4.64. The highest BCUT2D eigenvalue weighted by molar-refractivity contribution is 9.10. The molecule has 0 aliphatic heterocycles. The topological polar surface area (TPSA) is 57.8 Å². The zero-order chi connectivity index (χ0) is 26.5. The molecule has 1 N–H and O–H groups in total. The SMILES string of the molecule is N#C/C(=C\c1cc(-c2ccccc2)n(-c2ccc(Cl)cc2)c1-c1ccccc1)C(=O)Nc1ccc(Br)cc1. The van der Waals surface area contributed by atoms with Crippen molar-refractivity contribution in [2.24, 2.45) is 0 Å². The molecule has 0 bridgehead atoms. The summed E-state index contributed by atoms with van der Waals surface area (Å²) < 4.78 is 3.03. The summed E-state index contributed by atoms with van der Waals surface area (Å²) in [6.45, 7) is 0. The molecular formula is C32H21BrClN3O. The van der Waals surface area contributed by atoms with Crippen LogP contribution in [0.4, 0.5) is 5.69 Å². The third kappa shape index (κ3) is 5.47. The van der Waals surface area contributed by atoms with Crippen LogP contribution in [0.3, 0.4) is 0 Å². The van der Waals surface area contributed by atoms with Crippen LogP contribution in [0.15, 0.2) is 125 Å². The quantitative estimate of drug-likeness (QED) is 0.162. The molecule has 0 radical (unpaired) electrons. The van der Waals surface area contributed by atoms with Gasteiger partial charge in [0.2, 0.25) is 0 Å². The van der Waals surface area contributed by atoms with Crippen molar-refractivity contribution in [3.05, 3.63) is 136 Å². The average Bonchev–Trinajstić information content (AvgIpc) is 3.33. The molecule has 4 nitrogen and oxygen atoms in total. The molecule has 0 atom stereocenters. The van der Waals surface area contributed by atoms with E-state index in [-0.39, 0.29) is 5.57 Å². The maximum absolute atomic E-state index is 13.1. The second-order valence-electron chi connectivity index (χ2n) is 8.51. The van der Waals surface area contributed by atoms with Gasteiger partial charge in [0, 0.05) is 26.4 Å². The Labute approximate surface area is 234 Å². The van der Waals surface area contributed by atoms with Gasteiger partial charge < -0.3 is 9.88 Å². The Bertz CT molecular complexity index is 1650. The minimum atomic E-state index is -0.477. The Morgan fingerprint density at radius 1 is 0.842 bits per heavy atom. The van der Waals surface area contributed by atoms with E-state index in [1.54, 1.807) is 18.2 Å². The molecule has 0 saturated heterocycles. The Balaban J connectivity index is 1.71. The first kappa shape index (κ1) is 25.3. The third-order valence-electron chi connectivity index (χ3n) is 6.00. The summed E-state index contributed by atoms with van der Waals surface area (Å²) in [4.78, 5) is 13.1. The molecule has 0 fully saturated rings. The summed E-state index contributed by atoms with van der Waals surface area (Å²) in [6, 6.07) is 38.9. The number of nitriles is 1. The molecule has 5 aromatic rings. The first-order chi connectivity index (χ1) is 18.5. The highest BCUT2D eigenvalue weighted by atomic mass is 79.9. The third-order valence-corrected chi connectivity index (χ3v) is 6.78. The Morgan fingerprint density at radius 3 is 2.05 bits per heavy atom. The predicted molar refractivity (Wildman–Crippen MR) is 158 cm³/mol. The maximum atomic E-state index is 13.1. The molecule has 1 aromatic heterocycles. The van der Waals surface area contributed by atoms with Gasteiger partial charge >= 0.3 is 0 Å². The largest absolute Gasteiger partial charge is 0.321 e. The Morgan fingerprint density at radius 2 is 1.45 bits per heavy atom. The highest BCUT2D eigenvalue weighted by Crippen LogP contribution is 2.37. The number of nitrogens with zero attached hydrogens (tertiary/aromatic N) is 2. The van der Waals surface area contributed by atoms with Crippen molar-refractivity contribution in [2.75, 3.05) is 5.32 Å². The lowest BCUT2D eigenvalue weighted by Gasteiger charge is -2.15. The van der Waals surface area contributed by atoms with Crippen LogP contribution in [0, 0.1) is 11.3 Å². The number of carbonyl (C=O) groups is 1. The van der Waals surface area contributed by atoms with Gasteiger partial charge in [0.25, 0.3) is 5.91 Å². The van der Waals surface area contributed by atoms with E-state index in [0.717, 1.165) is 38.2 Å². The summed E-state index contributed by atoms with van der Waals surface area (Å²) >= 11 is 9.61. The normalized spacial score (nSPS) is 11.1. The van der Waals surface area contributed by atoms with Gasteiger partial charge in [-0.2, -0.15) is 5.26 Å². The van der Waals surface area contributed by atoms with Gasteiger partial charge in [0.1, 0.15) is 11.6 Å². The van der Waals surface area contributed by atoms with E-state index in [2.05, 4.69) is 31.9 Å². The Kier molecular flexibility index (Phi) is 7.55. The molecular weight excluding hydrogens is 558 g/mol. The molecule has 38 heavy (non-hydrogen) atoms. The van der Waals surface area contributed by atoms with Gasteiger partial charge in [0.05, 0.1) is 11.4 Å². The number of aromatic nitrogens is 1. The molecule has 6 heteroatoms. The molecule has 4 aromatic carbocycles. The lowest BCUT2D eigenvalue weighted by molar-refractivity contribution is -0.112. The summed E-state index contributed by atoms with van der Waals surface area (Å²) in [5, 5.41) is 13.4. The summed E-state index contributed by atoms with van der Waals surface area (Å²) in [6.07, 6.45) is 1.65. The molecule has 1 heterocycles. The molecule has 0 unspecified atom stereocenters. The van der Waals surface area contributed by atoms with Crippen LogP contribution in [-0.2, 0) is 4.79 Å². The van der Waals surface area contributed by atoms with Gasteiger partial charge in [0.15, 0.2) is 0 Å². The lowest BCUT2D eigenvalue weighted by Crippen LogP contribution is -2.13. The van der Waals surface area contributed by atoms with Crippen LogP contribution in [0.25, 0.3) is 34.3 Å². The van der Waals surface area contributed by atoms with Crippen molar-refractivity contribution in [1.82, 2.24) is 4.57 Å². The molecule has 0 aliphatic rings. The molecule has 184 valence electrons.